The molecule has 10 heavy (non-hydrogen) atoms. The summed E-state index contributed by atoms with van der Waals surface area (Å²) in [6.45, 7) is 7.09. The van der Waals surface area contributed by atoms with E-state index >= 15 is 0 Å². The van der Waals surface area contributed by atoms with Crippen molar-refractivity contribution in [2.45, 2.75) is 52.9 Å². The summed E-state index contributed by atoms with van der Waals surface area (Å²) in [7, 11) is 0. The van der Waals surface area contributed by atoms with Crippen LogP contribution in [0.4, 0.5) is 0 Å². The van der Waals surface area contributed by atoms with E-state index in [4.69, 9.17) is 0 Å². The highest BCUT2D eigenvalue weighted by molar-refractivity contribution is 4.92. The van der Waals surface area contributed by atoms with Crippen molar-refractivity contribution in [1.29, 1.82) is 0 Å². The summed E-state index contributed by atoms with van der Waals surface area (Å²) in [6, 6.07) is 0. The van der Waals surface area contributed by atoms with Crippen LogP contribution >= 0.6 is 0 Å². The van der Waals surface area contributed by atoms with Gasteiger partial charge in [0.25, 0.3) is 0 Å². The molecule has 1 aliphatic rings. The SMILES string of the molecule is C[C]1CCCCC(C)(C)C1. The molecule has 0 heterocycles. The molecule has 0 heteroatoms. The summed E-state index contributed by atoms with van der Waals surface area (Å²) in [5, 5.41) is 0. The van der Waals surface area contributed by atoms with E-state index < -0.39 is 0 Å². The standard InChI is InChI=1S/C10H19/c1-9-6-4-5-7-10(2,3)8-9/h4-8H2,1-3H3. The first-order valence-corrected chi connectivity index (χ1v) is 4.41. The van der Waals surface area contributed by atoms with E-state index in [1.807, 2.05) is 0 Å². The molecule has 0 bridgehead atoms. The van der Waals surface area contributed by atoms with Crippen molar-refractivity contribution in [1.82, 2.24) is 0 Å². The van der Waals surface area contributed by atoms with Crippen molar-refractivity contribution >= 4 is 0 Å². The Bertz CT molecular complexity index is 103. The summed E-state index contributed by atoms with van der Waals surface area (Å²) in [5.41, 5.74) is 0.598. The van der Waals surface area contributed by atoms with Crippen LogP contribution in [0, 0.1) is 11.3 Å². The molecular formula is C10H19. The van der Waals surface area contributed by atoms with Gasteiger partial charge in [0.1, 0.15) is 0 Å². The molecule has 0 saturated heterocycles. The summed E-state index contributed by atoms with van der Waals surface area (Å²) in [4.78, 5) is 0. The van der Waals surface area contributed by atoms with Crippen molar-refractivity contribution in [2.24, 2.45) is 5.41 Å². The van der Waals surface area contributed by atoms with E-state index in [0.717, 1.165) is 0 Å². The molecule has 0 aromatic carbocycles. The fourth-order valence-electron chi connectivity index (χ4n) is 2.02. The van der Waals surface area contributed by atoms with Gasteiger partial charge in [-0.3, -0.25) is 0 Å². The first-order chi connectivity index (χ1) is 4.60. The minimum absolute atomic E-state index is 0.598. The third-order valence-electron chi connectivity index (χ3n) is 2.49. The molecule has 1 saturated carbocycles. The Balaban J connectivity index is 2.46. The molecule has 0 unspecified atom stereocenters. The topological polar surface area (TPSA) is 0 Å². The van der Waals surface area contributed by atoms with Crippen LogP contribution in [0.25, 0.3) is 0 Å². The van der Waals surface area contributed by atoms with Crippen molar-refractivity contribution in [3.63, 3.8) is 0 Å². The van der Waals surface area contributed by atoms with E-state index in [2.05, 4.69) is 20.8 Å². The van der Waals surface area contributed by atoms with Crippen LogP contribution in [0.1, 0.15) is 52.9 Å². The lowest BCUT2D eigenvalue weighted by Gasteiger charge is -2.23. The monoisotopic (exact) mass is 139 g/mol. The zero-order chi connectivity index (χ0) is 7.61. The van der Waals surface area contributed by atoms with Crippen LogP contribution < -0.4 is 0 Å². The van der Waals surface area contributed by atoms with Gasteiger partial charge >= 0.3 is 0 Å². The molecule has 0 aliphatic heterocycles. The lowest BCUT2D eigenvalue weighted by Crippen LogP contribution is -2.11. The molecule has 0 atom stereocenters. The average Bonchev–Trinajstić information content (AvgIpc) is 1.90. The van der Waals surface area contributed by atoms with Gasteiger partial charge in [0.05, 0.1) is 0 Å². The van der Waals surface area contributed by atoms with E-state index in [9.17, 15) is 0 Å². The van der Waals surface area contributed by atoms with E-state index in [1.54, 1.807) is 5.92 Å². The minimum atomic E-state index is 0.598. The Hall–Kier alpha value is 0. The molecule has 0 aromatic heterocycles. The maximum absolute atomic E-state index is 2.39. The Labute approximate surface area is 65.0 Å². The van der Waals surface area contributed by atoms with Gasteiger partial charge in [-0.2, -0.15) is 0 Å². The Morgan fingerprint density at radius 2 is 1.90 bits per heavy atom. The highest BCUT2D eigenvalue weighted by Crippen LogP contribution is 2.37. The van der Waals surface area contributed by atoms with Gasteiger partial charge in [0.15, 0.2) is 0 Å². The van der Waals surface area contributed by atoms with Gasteiger partial charge in [-0.25, -0.2) is 0 Å². The van der Waals surface area contributed by atoms with Crippen LogP contribution in [-0.2, 0) is 0 Å². The van der Waals surface area contributed by atoms with Gasteiger partial charge in [-0.1, -0.05) is 33.6 Å². The highest BCUT2D eigenvalue weighted by atomic mass is 14.3. The lowest BCUT2D eigenvalue weighted by molar-refractivity contribution is 0.324. The smallest absolute Gasteiger partial charge is 0.0267 e. The third-order valence-corrected chi connectivity index (χ3v) is 2.49. The number of rotatable bonds is 0. The van der Waals surface area contributed by atoms with Crippen molar-refractivity contribution < 1.29 is 0 Å². The van der Waals surface area contributed by atoms with Gasteiger partial charge in [-0.15, -0.1) is 0 Å². The maximum Gasteiger partial charge on any atom is -0.0267 e. The summed E-state index contributed by atoms with van der Waals surface area (Å²) in [5.74, 6) is 1.71. The van der Waals surface area contributed by atoms with Gasteiger partial charge < -0.3 is 0 Å². The van der Waals surface area contributed by atoms with Crippen LogP contribution in [0.5, 0.6) is 0 Å². The molecule has 1 aliphatic carbocycles. The summed E-state index contributed by atoms with van der Waals surface area (Å²) < 4.78 is 0. The second kappa shape index (κ2) is 2.94. The Kier molecular flexibility index (Phi) is 2.38. The molecule has 0 aromatic rings. The lowest BCUT2D eigenvalue weighted by atomic mass is 9.82. The Morgan fingerprint density at radius 1 is 1.20 bits per heavy atom. The van der Waals surface area contributed by atoms with E-state index in [0.29, 0.717) is 5.41 Å². The molecular weight excluding hydrogens is 120 g/mol. The molecule has 1 radical (unpaired) electrons. The van der Waals surface area contributed by atoms with Crippen LogP contribution in [-0.4, -0.2) is 0 Å². The Morgan fingerprint density at radius 3 is 2.60 bits per heavy atom. The molecule has 0 N–H and O–H groups in total. The van der Waals surface area contributed by atoms with E-state index in [1.165, 1.54) is 32.1 Å². The fraction of sp³-hybridized carbons (Fsp3) is 0.900. The largest absolute Gasteiger partial charge is 0.0599 e. The first kappa shape index (κ1) is 8.10. The fourth-order valence-corrected chi connectivity index (χ4v) is 2.02. The third kappa shape index (κ3) is 2.32. The molecule has 0 nitrogen and oxygen atoms in total. The zero-order valence-electron chi connectivity index (χ0n) is 7.54. The van der Waals surface area contributed by atoms with Gasteiger partial charge in [0.2, 0.25) is 0 Å². The molecule has 0 amide bonds. The normalized spacial score (nSPS) is 27.9. The van der Waals surface area contributed by atoms with Crippen molar-refractivity contribution in [3.8, 4) is 0 Å². The maximum atomic E-state index is 2.39. The van der Waals surface area contributed by atoms with Gasteiger partial charge in [0, 0.05) is 0 Å². The van der Waals surface area contributed by atoms with Crippen molar-refractivity contribution in [3.05, 3.63) is 5.92 Å². The average molecular weight is 139 g/mol. The minimum Gasteiger partial charge on any atom is -0.0599 e. The molecule has 0 spiro atoms. The second-order valence-electron chi connectivity index (χ2n) is 4.51. The first-order valence-electron chi connectivity index (χ1n) is 4.41. The number of hydrogen-bond acceptors (Lipinski definition) is 0. The second-order valence-corrected chi connectivity index (χ2v) is 4.51. The quantitative estimate of drug-likeness (QED) is 0.450. The van der Waals surface area contributed by atoms with Crippen LogP contribution in [0.3, 0.4) is 0 Å². The summed E-state index contributed by atoms with van der Waals surface area (Å²) in [6.07, 6.45) is 7.01. The molecule has 59 valence electrons. The summed E-state index contributed by atoms with van der Waals surface area (Å²) >= 11 is 0. The predicted molar refractivity (Wildman–Crippen MR) is 45.8 cm³/mol. The molecule has 1 fully saturated rings. The predicted octanol–water partition coefficient (Wildman–Crippen LogP) is 3.57. The van der Waals surface area contributed by atoms with E-state index in [-0.39, 0.29) is 0 Å². The molecule has 1 rings (SSSR count). The number of hydrogen-bond donors (Lipinski definition) is 0. The van der Waals surface area contributed by atoms with Crippen LogP contribution in [0.15, 0.2) is 0 Å². The van der Waals surface area contributed by atoms with Crippen LogP contribution in [0.2, 0.25) is 0 Å². The van der Waals surface area contributed by atoms with Crippen molar-refractivity contribution in [2.75, 3.05) is 0 Å². The zero-order valence-corrected chi connectivity index (χ0v) is 7.54. The van der Waals surface area contributed by atoms with Gasteiger partial charge in [-0.05, 0) is 30.6 Å². The highest BCUT2D eigenvalue weighted by Gasteiger charge is 2.23.